The first-order chi connectivity index (χ1) is 18.4. The molecule has 2 aliphatic rings. The molecular weight excluding hydrogens is 538 g/mol. The SMILES string of the molecule is CC(=O)OCC1=C(C(=O)O)N2C(=O)C(NC(=O)CCCC(NC(=O)c3ccccc3C(=O)O)C(=O)O)C2SC1. The summed E-state index contributed by atoms with van der Waals surface area (Å²) in [7, 11) is 0. The van der Waals surface area contributed by atoms with Crippen LogP contribution in [0.1, 0.15) is 46.9 Å². The summed E-state index contributed by atoms with van der Waals surface area (Å²) in [6.07, 6.45) is -0.331. The number of carbonyl (C=O) groups excluding carboxylic acids is 4. The number of carboxylic acids is 3. The standard InChI is InChI=1S/C24H25N3O11S/c1-11(28)38-9-12-10-39-21-17(20(31)27(21)18(12)24(36)37)26-16(29)8-4-7-15(23(34)35)25-19(30)13-5-2-3-6-14(13)22(32)33/h2-3,5-6,15,17,21H,4,7-10H2,1H3,(H,25,30)(H,26,29)(H,32,33)(H,34,35)(H,36,37). The molecule has 3 unspecified atom stereocenters. The van der Waals surface area contributed by atoms with E-state index in [0.717, 1.165) is 4.90 Å². The minimum atomic E-state index is -1.40. The number of hydrogen-bond acceptors (Lipinski definition) is 9. The van der Waals surface area contributed by atoms with E-state index in [-0.39, 0.29) is 54.0 Å². The Labute approximate surface area is 225 Å². The molecule has 3 atom stereocenters. The number of esters is 1. The highest BCUT2D eigenvalue weighted by Gasteiger charge is 2.54. The Morgan fingerprint density at radius 1 is 1.08 bits per heavy atom. The van der Waals surface area contributed by atoms with Crippen LogP contribution in [-0.2, 0) is 28.7 Å². The number of benzene rings is 1. The van der Waals surface area contributed by atoms with E-state index < -0.39 is 59.1 Å². The number of hydrogen-bond donors (Lipinski definition) is 5. The first-order valence-corrected chi connectivity index (χ1v) is 12.7. The number of nitrogens with one attached hydrogen (secondary N) is 2. The minimum absolute atomic E-state index is 0.0128. The number of fused-ring (bicyclic) bond motifs is 1. The van der Waals surface area contributed by atoms with Gasteiger partial charge in [-0.05, 0) is 25.0 Å². The van der Waals surface area contributed by atoms with E-state index in [1.807, 2.05) is 0 Å². The highest BCUT2D eigenvalue weighted by Crippen LogP contribution is 2.40. The maximum Gasteiger partial charge on any atom is 0.352 e. The van der Waals surface area contributed by atoms with Crippen molar-refractivity contribution in [1.82, 2.24) is 15.5 Å². The van der Waals surface area contributed by atoms with E-state index in [1.165, 1.54) is 43.0 Å². The Morgan fingerprint density at radius 3 is 2.33 bits per heavy atom. The molecule has 1 saturated heterocycles. The molecular formula is C24H25N3O11S. The Bertz CT molecular complexity index is 1260. The minimum Gasteiger partial charge on any atom is -0.480 e. The van der Waals surface area contributed by atoms with Crippen LogP contribution in [0.3, 0.4) is 0 Å². The smallest absolute Gasteiger partial charge is 0.352 e. The predicted molar refractivity (Wildman–Crippen MR) is 132 cm³/mol. The van der Waals surface area contributed by atoms with Gasteiger partial charge in [0.05, 0.1) is 11.1 Å². The number of β-lactam (4-membered cyclic amide) rings is 1. The molecule has 0 bridgehead atoms. The average Bonchev–Trinajstić information content (AvgIpc) is 2.88. The van der Waals surface area contributed by atoms with Crippen LogP contribution in [0.5, 0.6) is 0 Å². The highest BCUT2D eigenvalue weighted by molar-refractivity contribution is 8.00. The number of amides is 3. The highest BCUT2D eigenvalue weighted by atomic mass is 32.2. The Morgan fingerprint density at radius 2 is 1.74 bits per heavy atom. The summed E-state index contributed by atoms with van der Waals surface area (Å²) >= 11 is 1.20. The fraction of sp³-hybridized carbons (Fsp3) is 0.375. The van der Waals surface area contributed by atoms with Gasteiger partial charge < -0.3 is 30.7 Å². The molecule has 1 aromatic rings. The maximum absolute atomic E-state index is 12.7. The third kappa shape index (κ3) is 6.73. The molecule has 1 fully saturated rings. The number of thioether (sulfide) groups is 1. The zero-order valence-electron chi connectivity index (χ0n) is 20.5. The first kappa shape index (κ1) is 29.2. The molecule has 15 heteroatoms. The van der Waals surface area contributed by atoms with Crippen LogP contribution in [0.4, 0.5) is 0 Å². The molecule has 0 spiro atoms. The number of nitrogens with zero attached hydrogens (tertiary/aromatic N) is 1. The van der Waals surface area contributed by atoms with E-state index in [2.05, 4.69) is 10.6 Å². The van der Waals surface area contributed by atoms with E-state index >= 15 is 0 Å². The van der Waals surface area contributed by atoms with Crippen LogP contribution >= 0.6 is 11.8 Å². The molecule has 0 aliphatic carbocycles. The number of carboxylic acid groups (broad SMARTS) is 3. The second-order valence-corrected chi connectivity index (χ2v) is 9.70. The molecule has 2 heterocycles. The van der Waals surface area contributed by atoms with Crippen LogP contribution in [0, 0.1) is 0 Å². The largest absolute Gasteiger partial charge is 0.480 e. The lowest BCUT2D eigenvalue weighted by Gasteiger charge is -2.49. The van der Waals surface area contributed by atoms with Crippen molar-refractivity contribution in [3.63, 3.8) is 0 Å². The maximum atomic E-state index is 12.7. The topological polar surface area (TPSA) is 217 Å². The van der Waals surface area contributed by atoms with Crippen molar-refractivity contribution < 1.29 is 53.6 Å². The van der Waals surface area contributed by atoms with Gasteiger partial charge in [-0.15, -0.1) is 11.8 Å². The number of aliphatic carboxylic acids is 2. The fourth-order valence-electron chi connectivity index (χ4n) is 4.06. The zero-order chi connectivity index (χ0) is 28.9. The summed E-state index contributed by atoms with van der Waals surface area (Å²) < 4.78 is 4.87. The Balaban J connectivity index is 1.54. The predicted octanol–water partition coefficient (Wildman–Crippen LogP) is 0.0398. The lowest BCUT2D eigenvalue weighted by Crippen LogP contribution is -2.70. The second kappa shape index (κ2) is 12.4. The molecule has 14 nitrogen and oxygen atoms in total. The summed E-state index contributed by atoms with van der Waals surface area (Å²) in [6.45, 7) is 0.895. The van der Waals surface area contributed by atoms with Gasteiger partial charge in [0, 0.05) is 24.7 Å². The number of carbonyl (C=O) groups is 7. The van der Waals surface area contributed by atoms with Gasteiger partial charge in [0.25, 0.3) is 11.8 Å². The van der Waals surface area contributed by atoms with Gasteiger partial charge in [-0.1, -0.05) is 12.1 Å². The van der Waals surface area contributed by atoms with Crippen molar-refractivity contribution in [2.24, 2.45) is 0 Å². The normalized spacial score (nSPS) is 18.8. The third-order valence-electron chi connectivity index (χ3n) is 5.92. The Hall–Kier alpha value is -4.40. The van der Waals surface area contributed by atoms with Crippen LogP contribution in [0.15, 0.2) is 35.5 Å². The molecule has 5 N–H and O–H groups in total. The van der Waals surface area contributed by atoms with Gasteiger partial charge in [0.1, 0.15) is 29.8 Å². The number of aromatic carboxylic acids is 1. The first-order valence-electron chi connectivity index (χ1n) is 11.6. The van der Waals surface area contributed by atoms with Crippen molar-refractivity contribution in [2.75, 3.05) is 12.4 Å². The van der Waals surface area contributed by atoms with Crippen molar-refractivity contribution in [3.05, 3.63) is 46.7 Å². The monoisotopic (exact) mass is 563 g/mol. The third-order valence-corrected chi connectivity index (χ3v) is 7.26. The van der Waals surface area contributed by atoms with Crippen molar-refractivity contribution in [2.45, 2.75) is 43.6 Å². The summed E-state index contributed by atoms with van der Waals surface area (Å²) in [5.41, 5.74) is -0.541. The second-order valence-electron chi connectivity index (χ2n) is 8.60. The molecule has 208 valence electrons. The van der Waals surface area contributed by atoms with E-state index in [0.29, 0.717) is 0 Å². The van der Waals surface area contributed by atoms with E-state index in [9.17, 15) is 48.9 Å². The van der Waals surface area contributed by atoms with Crippen LogP contribution in [0.2, 0.25) is 0 Å². The Kier molecular flexibility index (Phi) is 9.29. The van der Waals surface area contributed by atoms with Crippen LogP contribution in [0.25, 0.3) is 0 Å². The van der Waals surface area contributed by atoms with E-state index in [4.69, 9.17) is 4.74 Å². The lowest BCUT2D eigenvalue weighted by molar-refractivity contribution is -0.151. The molecule has 39 heavy (non-hydrogen) atoms. The van der Waals surface area contributed by atoms with Crippen molar-refractivity contribution in [3.8, 4) is 0 Å². The van der Waals surface area contributed by atoms with Crippen molar-refractivity contribution in [1.29, 1.82) is 0 Å². The van der Waals surface area contributed by atoms with Gasteiger partial charge >= 0.3 is 23.9 Å². The number of ether oxygens (including phenoxy) is 1. The quantitative estimate of drug-likeness (QED) is 0.168. The van der Waals surface area contributed by atoms with Gasteiger partial charge in [-0.25, -0.2) is 14.4 Å². The molecule has 2 aliphatic heterocycles. The molecule has 3 amide bonds. The molecule has 0 aromatic heterocycles. The lowest BCUT2D eigenvalue weighted by atomic mass is 10.0. The molecule has 3 rings (SSSR count). The zero-order valence-corrected chi connectivity index (χ0v) is 21.4. The fourth-order valence-corrected chi connectivity index (χ4v) is 5.38. The summed E-state index contributed by atoms with van der Waals surface area (Å²) in [4.78, 5) is 84.4. The van der Waals surface area contributed by atoms with Gasteiger partial charge in [0.15, 0.2) is 0 Å². The summed E-state index contributed by atoms with van der Waals surface area (Å²) in [6, 6.07) is 2.92. The molecule has 0 saturated carbocycles. The van der Waals surface area contributed by atoms with Crippen LogP contribution < -0.4 is 10.6 Å². The molecule has 1 aromatic carbocycles. The van der Waals surface area contributed by atoms with Gasteiger partial charge in [-0.3, -0.25) is 24.1 Å². The van der Waals surface area contributed by atoms with Gasteiger partial charge in [0.2, 0.25) is 5.91 Å². The summed E-state index contributed by atoms with van der Waals surface area (Å²) in [5.74, 6) is -6.65. The van der Waals surface area contributed by atoms with Crippen molar-refractivity contribution >= 4 is 53.4 Å². The number of rotatable bonds is 12. The van der Waals surface area contributed by atoms with E-state index in [1.54, 1.807) is 0 Å². The summed E-state index contributed by atoms with van der Waals surface area (Å²) in [5, 5.41) is 32.4. The van der Waals surface area contributed by atoms with Gasteiger partial charge in [-0.2, -0.15) is 0 Å². The average molecular weight is 564 g/mol. The molecule has 0 radical (unpaired) electrons. The van der Waals surface area contributed by atoms with Crippen LogP contribution in [-0.4, -0.2) is 91.6 Å².